The smallest absolute Gasteiger partial charge is 0.225 e. The first-order valence-electron chi connectivity index (χ1n) is 9.26. The van der Waals surface area contributed by atoms with Crippen LogP contribution < -0.4 is 5.32 Å². The minimum absolute atomic E-state index is 0.0106. The van der Waals surface area contributed by atoms with E-state index in [1.165, 1.54) is 11.1 Å². The van der Waals surface area contributed by atoms with Gasteiger partial charge in [0.2, 0.25) is 11.8 Å². The Morgan fingerprint density at radius 2 is 2.04 bits per heavy atom. The number of fused-ring (bicyclic) bond motifs is 1. The summed E-state index contributed by atoms with van der Waals surface area (Å²) < 4.78 is 0. The molecule has 1 aliphatic heterocycles. The first-order valence-corrected chi connectivity index (χ1v) is 9.26. The van der Waals surface area contributed by atoms with Gasteiger partial charge in [-0.05, 0) is 42.5 Å². The molecule has 26 heavy (non-hydrogen) atoms. The van der Waals surface area contributed by atoms with Crippen LogP contribution in [0.2, 0.25) is 0 Å². The van der Waals surface area contributed by atoms with E-state index >= 15 is 0 Å². The largest absolute Gasteiger partial charge is 0.349 e. The Labute approximate surface area is 153 Å². The lowest BCUT2D eigenvalue weighted by molar-refractivity contribution is -0.129. The molecule has 5 nitrogen and oxygen atoms in total. The first-order chi connectivity index (χ1) is 12.7. The molecule has 1 saturated heterocycles. The number of hydrogen-bond acceptors (Lipinski definition) is 3. The summed E-state index contributed by atoms with van der Waals surface area (Å²) in [6.07, 6.45) is 5.12. The van der Waals surface area contributed by atoms with Crippen molar-refractivity contribution in [2.45, 2.75) is 38.3 Å². The molecule has 1 aliphatic carbocycles. The number of aromatic nitrogens is 1. The van der Waals surface area contributed by atoms with Gasteiger partial charge in [0.1, 0.15) is 0 Å². The second kappa shape index (κ2) is 7.28. The number of carbonyl (C=O) groups excluding carboxylic acids is 2. The Morgan fingerprint density at radius 1 is 1.19 bits per heavy atom. The fraction of sp³-hybridized carbons (Fsp3) is 0.381. The van der Waals surface area contributed by atoms with Crippen LogP contribution >= 0.6 is 0 Å². The number of aryl methyl sites for hydroxylation is 1. The van der Waals surface area contributed by atoms with Gasteiger partial charge < -0.3 is 10.2 Å². The van der Waals surface area contributed by atoms with Crippen molar-refractivity contribution >= 4 is 11.8 Å². The van der Waals surface area contributed by atoms with Gasteiger partial charge in [0.25, 0.3) is 0 Å². The van der Waals surface area contributed by atoms with Crippen LogP contribution in [0.4, 0.5) is 0 Å². The molecule has 0 bridgehead atoms. The molecule has 0 saturated carbocycles. The highest BCUT2D eigenvalue weighted by atomic mass is 16.2. The van der Waals surface area contributed by atoms with Crippen molar-refractivity contribution in [3.8, 4) is 0 Å². The van der Waals surface area contributed by atoms with Crippen LogP contribution in [0, 0.1) is 5.92 Å². The molecule has 0 radical (unpaired) electrons. The second-order valence-electron chi connectivity index (χ2n) is 7.15. The third-order valence-electron chi connectivity index (χ3n) is 5.35. The Kier molecular flexibility index (Phi) is 4.69. The van der Waals surface area contributed by atoms with E-state index < -0.39 is 0 Å². The first kappa shape index (κ1) is 16.8. The van der Waals surface area contributed by atoms with E-state index in [0.29, 0.717) is 13.1 Å². The molecule has 2 aliphatic rings. The summed E-state index contributed by atoms with van der Waals surface area (Å²) in [4.78, 5) is 31.1. The Bertz CT molecular complexity index is 806. The van der Waals surface area contributed by atoms with Gasteiger partial charge in [-0.25, -0.2) is 0 Å². The van der Waals surface area contributed by atoms with Crippen molar-refractivity contribution < 1.29 is 9.59 Å². The number of hydrogen-bond donors (Lipinski definition) is 1. The third-order valence-corrected chi connectivity index (χ3v) is 5.35. The maximum absolute atomic E-state index is 12.8. The van der Waals surface area contributed by atoms with Gasteiger partial charge in [0, 0.05) is 19.2 Å². The number of carbonyl (C=O) groups is 2. The molecule has 0 spiro atoms. The third kappa shape index (κ3) is 3.47. The van der Waals surface area contributed by atoms with Crippen LogP contribution in [-0.2, 0) is 22.6 Å². The quantitative estimate of drug-likeness (QED) is 0.923. The molecule has 1 aromatic carbocycles. The molecule has 0 unspecified atom stereocenters. The Hall–Kier alpha value is -2.69. The lowest BCUT2D eigenvalue weighted by Crippen LogP contribution is -2.36. The lowest BCUT2D eigenvalue weighted by Gasteiger charge is -2.27. The van der Waals surface area contributed by atoms with Gasteiger partial charge in [-0.3, -0.25) is 14.6 Å². The van der Waals surface area contributed by atoms with E-state index in [4.69, 9.17) is 0 Å². The molecule has 1 fully saturated rings. The van der Waals surface area contributed by atoms with Crippen LogP contribution in [0.5, 0.6) is 0 Å². The van der Waals surface area contributed by atoms with Gasteiger partial charge in [0.15, 0.2) is 0 Å². The molecule has 5 heteroatoms. The molecule has 2 amide bonds. The summed E-state index contributed by atoms with van der Waals surface area (Å²) >= 11 is 0. The summed E-state index contributed by atoms with van der Waals surface area (Å²) in [7, 11) is 0. The Balaban J connectivity index is 1.40. The summed E-state index contributed by atoms with van der Waals surface area (Å²) in [6, 6.07) is 14.0. The van der Waals surface area contributed by atoms with Crippen molar-refractivity contribution in [2.75, 3.05) is 6.54 Å². The number of amides is 2. The highest BCUT2D eigenvalue weighted by Crippen LogP contribution is 2.30. The van der Waals surface area contributed by atoms with Crippen molar-refractivity contribution in [1.82, 2.24) is 15.2 Å². The molecule has 134 valence electrons. The summed E-state index contributed by atoms with van der Waals surface area (Å²) in [5, 5.41) is 3.19. The molecule has 2 aromatic rings. The number of rotatable bonds is 4. The normalized spacial score (nSPS) is 22.2. The zero-order chi connectivity index (χ0) is 17.9. The predicted octanol–water partition coefficient (Wildman–Crippen LogP) is 2.62. The molecule has 4 rings (SSSR count). The van der Waals surface area contributed by atoms with Crippen molar-refractivity contribution in [2.24, 2.45) is 5.92 Å². The van der Waals surface area contributed by atoms with Crippen LogP contribution in [0.15, 0.2) is 48.7 Å². The second-order valence-corrected chi connectivity index (χ2v) is 7.15. The van der Waals surface area contributed by atoms with Crippen LogP contribution in [0.1, 0.15) is 42.1 Å². The lowest BCUT2D eigenvalue weighted by atomic mass is 9.87. The average molecular weight is 349 g/mol. The van der Waals surface area contributed by atoms with Crippen LogP contribution in [0.25, 0.3) is 0 Å². The number of nitrogens with zero attached hydrogens (tertiary/aromatic N) is 2. The number of pyridine rings is 1. The van der Waals surface area contributed by atoms with E-state index in [2.05, 4.69) is 22.4 Å². The Morgan fingerprint density at radius 3 is 2.88 bits per heavy atom. The number of likely N-dealkylation sites (tertiary alicyclic amines) is 1. The van der Waals surface area contributed by atoms with Crippen LogP contribution in [-0.4, -0.2) is 28.2 Å². The zero-order valence-corrected chi connectivity index (χ0v) is 14.7. The molecule has 1 N–H and O–H groups in total. The standard InChI is InChI=1S/C21H23N3O2/c25-20-12-16(13-24(20)14-17-8-3-4-11-22-17)21(26)23-19-10-5-7-15-6-1-2-9-18(15)19/h1-4,6,8-9,11,16,19H,5,7,10,12-14H2,(H,23,26)/t16-,19-/m0/s1. The average Bonchev–Trinajstić information content (AvgIpc) is 3.03. The molecular weight excluding hydrogens is 326 g/mol. The predicted molar refractivity (Wildman–Crippen MR) is 98.0 cm³/mol. The van der Waals surface area contributed by atoms with Gasteiger partial charge in [-0.1, -0.05) is 30.3 Å². The molecule has 1 aromatic heterocycles. The van der Waals surface area contributed by atoms with Gasteiger partial charge in [-0.2, -0.15) is 0 Å². The highest BCUT2D eigenvalue weighted by molar-refractivity contribution is 5.89. The highest BCUT2D eigenvalue weighted by Gasteiger charge is 2.35. The molecular formula is C21H23N3O2. The number of nitrogens with one attached hydrogen (secondary N) is 1. The number of benzene rings is 1. The fourth-order valence-electron chi connectivity index (χ4n) is 3.98. The molecule has 2 atom stereocenters. The van der Waals surface area contributed by atoms with E-state index in [0.717, 1.165) is 25.0 Å². The van der Waals surface area contributed by atoms with E-state index in [9.17, 15) is 9.59 Å². The van der Waals surface area contributed by atoms with E-state index in [1.807, 2.05) is 30.3 Å². The van der Waals surface area contributed by atoms with E-state index in [1.54, 1.807) is 11.1 Å². The molecule has 2 heterocycles. The van der Waals surface area contributed by atoms with Crippen molar-refractivity contribution in [1.29, 1.82) is 0 Å². The maximum atomic E-state index is 12.8. The van der Waals surface area contributed by atoms with Gasteiger partial charge >= 0.3 is 0 Å². The maximum Gasteiger partial charge on any atom is 0.225 e. The fourth-order valence-corrected chi connectivity index (χ4v) is 3.98. The summed E-state index contributed by atoms with van der Waals surface area (Å²) in [6.45, 7) is 0.936. The minimum Gasteiger partial charge on any atom is -0.349 e. The SMILES string of the molecule is O=C(N[C@H]1CCCc2ccccc21)[C@H]1CC(=O)N(Cc2ccccn2)C1. The van der Waals surface area contributed by atoms with Crippen LogP contribution in [0.3, 0.4) is 0 Å². The summed E-state index contributed by atoms with van der Waals surface area (Å²) in [5.41, 5.74) is 3.40. The summed E-state index contributed by atoms with van der Waals surface area (Å²) in [5.74, 6) is -0.260. The van der Waals surface area contributed by atoms with Gasteiger partial charge in [0.05, 0.1) is 24.2 Å². The minimum atomic E-state index is -0.277. The topological polar surface area (TPSA) is 62.3 Å². The van der Waals surface area contributed by atoms with Gasteiger partial charge in [-0.15, -0.1) is 0 Å². The van der Waals surface area contributed by atoms with E-state index in [-0.39, 0.29) is 30.2 Å². The zero-order valence-electron chi connectivity index (χ0n) is 14.7. The van der Waals surface area contributed by atoms with Crippen molar-refractivity contribution in [3.63, 3.8) is 0 Å². The monoisotopic (exact) mass is 349 g/mol. The van der Waals surface area contributed by atoms with Crippen molar-refractivity contribution in [3.05, 3.63) is 65.5 Å².